The molecule has 0 aliphatic carbocycles. The molecule has 19 heavy (non-hydrogen) atoms. The van der Waals surface area contributed by atoms with Crippen molar-refractivity contribution >= 4 is 11.8 Å². The molecule has 2 amide bonds. The number of carbonyl (C=O) groups is 2. The third-order valence-corrected chi connectivity index (χ3v) is 3.46. The Bertz CT molecular complexity index is 469. The fourth-order valence-electron chi connectivity index (χ4n) is 2.37. The summed E-state index contributed by atoms with van der Waals surface area (Å²) in [6.45, 7) is 3.34. The van der Waals surface area contributed by atoms with Crippen molar-refractivity contribution in [3.63, 3.8) is 0 Å². The maximum absolute atomic E-state index is 12.1. The molecule has 1 N–H and O–H groups in total. The number of hydrogen-bond donors (Lipinski definition) is 1. The van der Waals surface area contributed by atoms with E-state index in [1.807, 2.05) is 13.2 Å². The van der Waals surface area contributed by atoms with Crippen LogP contribution in [0, 0.1) is 5.92 Å². The average molecular weight is 264 g/mol. The van der Waals surface area contributed by atoms with Gasteiger partial charge in [-0.3, -0.25) is 14.3 Å². The molecule has 1 atom stereocenters. The molecule has 2 rings (SSSR count). The molecule has 1 fully saturated rings. The Balaban J connectivity index is 1.84. The maximum Gasteiger partial charge on any atom is 0.225 e. The first-order valence-corrected chi connectivity index (χ1v) is 6.57. The Hall–Kier alpha value is -1.85. The lowest BCUT2D eigenvalue weighted by Crippen LogP contribution is -2.44. The van der Waals surface area contributed by atoms with Crippen molar-refractivity contribution in [2.75, 3.05) is 13.1 Å². The third kappa shape index (κ3) is 3.56. The molecule has 0 saturated carbocycles. The predicted octanol–water partition coefficient (Wildman–Crippen LogP) is 0.295. The van der Waals surface area contributed by atoms with Crippen LogP contribution in [0.15, 0.2) is 12.4 Å². The maximum atomic E-state index is 12.1. The second-order valence-corrected chi connectivity index (χ2v) is 5.04. The number of amides is 2. The van der Waals surface area contributed by atoms with E-state index in [2.05, 4.69) is 10.4 Å². The van der Waals surface area contributed by atoms with Crippen molar-refractivity contribution in [2.24, 2.45) is 13.0 Å². The van der Waals surface area contributed by atoms with Crippen LogP contribution in [0.1, 0.15) is 25.3 Å². The van der Waals surface area contributed by atoms with Gasteiger partial charge in [0.1, 0.15) is 0 Å². The van der Waals surface area contributed by atoms with Gasteiger partial charge in [-0.15, -0.1) is 0 Å². The van der Waals surface area contributed by atoms with E-state index in [1.54, 1.807) is 22.7 Å². The Labute approximate surface area is 112 Å². The van der Waals surface area contributed by atoms with E-state index in [-0.39, 0.29) is 17.7 Å². The third-order valence-electron chi connectivity index (χ3n) is 3.46. The summed E-state index contributed by atoms with van der Waals surface area (Å²) in [6.07, 6.45) is 5.36. The second kappa shape index (κ2) is 5.86. The molecule has 0 radical (unpaired) electrons. The molecule has 2 heterocycles. The van der Waals surface area contributed by atoms with Crippen LogP contribution in [0.3, 0.4) is 0 Å². The highest BCUT2D eigenvalue weighted by Gasteiger charge is 2.26. The minimum absolute atomic E-state index is 0.0230. The van der Waals surface area contributed by atoms with Crippen LogP contribution in [0.5, 0.6) is 0 Å². The van der Waals surface area contributed by atoms with Crippen LogP contribution in [0.2, 0.25) is 0 Å². The standard InChI is InChI=1S/C13H20N4O2/c1-10(18)17-5-3-4-12(9-17)13(19)14-6-11-7-15-16(2)8-11/h7-8,12H,3-6,9H2,1-2H3,(H,14,19). The fourth-order valence-corrected chi connectivity index (χ4v) is 2.37. The van der Waals surface area contributed by atoms with Crippen LogP contribution < -0.4 is 5.32 Å². The first-order valence-electron chi connectivity index (χ1n) is 6.57. The molecule has 104 valence electrons. The zero-order valence-corrected chi connectivity index (χ0v) is 11.4. The number of likely N-dealkylation sites (tertiary alicyclic amines) is 1. The van der Waals surface area contributed by atoms with Crippen LogP contribution in [-0.2, 0) is 23.2 Å². The molecule has 1 unspecified atom stereocenters. The number of aryl methyl sites for hydroxylation is 1. The molecule has 0 spiro atoms. The first-order chi connectivity index (χ1) is 9.06. The summed E-state index contributed by atoms with van der Waals surface area (Å²) in [4.78, 5) is 25.2. The lowest BCUT2D eigenvalue weighted by atomic mass is 9.97. The minimum atomic E-state index is -0.0886. The first kappa shape index (κ1) is 13.6. The van der Waals surface area contributed by atoms with Gasteiger partial charge in [0.2, 0.25) is 11.8 Å². The molecule has 1 saturated heterocycles. The molecular weight excluding hydrogens is 244 g/mol. The summed E-state index contributed by atoms with van der Waals surface area (Å²) < 4.78 is 1.71. The van der Waals surface area contributed by atoms with E-state index < -0.39 is 0 Å². The molecule has 1 aliphatic heterocycles. The molecule has 0 bridgehead atoms. The van der Waals surface area contributed by atoms with Gasteiger partial charge in [0.15, 0.2) is 0 Å². The Morgan fingerprint density at radius 3 is 2.95 bits per heavy atom. The lowest BCUT2D eigenvalue weighted by Gasteiger charge is -2.31. The SMILES string of the molecule is CC(=O)N1CCCC(C(=O)NCc2cnn(C)c2)C1. The van der Waals surface area contributed by atoms with Gasteiger partial charge < -0.3 is 10.2 Å². The van der Waals surface area contributed by atoms with Crippen molar-refractivity contribution in [1.82, 2.24) is 20.0 Å². The zero-order valence-electron chi connectivity index (χ0n) is 11.4. The molecule has 1 aromatic heterocycles. The average Bonchev–Trinajstić information content (AvgIpc) is 2.82. The van der Waals surface area contributed by atoms with Gasteiger partial charge in [-0.05, 0) is 12.8 Å². The zero-order chi connectivity index (χ0) is 13.8. The van der Waals surface area contributed by atoms with E-state index in [0.29, 0.717) is 13.1 Å². The van der Waals surface area contributed by atoms with Gasteiger partial charge in [-0.25, -0.2) is 0 Å². The fraction of sp³-hybridized carbons (Fsp3) is 0.615. The van der Waals surface area contributed by atoms with Gasteiger partial charge in [0, 0.05) is 45.4 Å². The molecule has 1 aromatic rings. The molecule has 1 aliphatic rings. The monoisotopic (exact) mass is 264 g/mol. The molecule has 0 aromatic carbocycles. The van der Waals surface area contributed by atoms with Gasteiger partial charge in [0.25, 0.3) is 0 Å². The van der Waals surface area contributed by atoms with Gasteiger partial charge in [-0.1, -0.05) is 0 Å². The van der Waals surface area contributed by atoms with Gasteiger partial charge in [-0.2, -0.15) is 5.10 Å². The number of aromatic nitrogens is 2. The highest BCUT2D eigenvalue weighted by Crippen LogP contribution is 2.16. The number of piperidine rings is 1. The molecular formula is C13H20N4O2. The van der Waals surface area contributed by atoms with Crippen molar-refractivity contribution in [2.45, 2.75) is 26.3 Å². The quantitative estimate of drug-likeness (QED) is 0.853. The van der Waals surface area contributed by atoms with Crippen molar-refractivity contribution in [1.29, 1.82) is 0 Å². The van der Waals surface area contributed by atoms with Gasteiger partial charge >= 0.3 is 0 Å². The summed E-state index contributed by atoms with van der Waals surface area (Å²) in [6, 6.07) is 0. The van der Waals surface area contributed by atoms with Gasteiger partial charge in [0.05, 0.1) is 12.1 Å². The number of nitrogens with zero attached hydrogens (tertiary/aromatic N) is 3. The van der Waals surface area contributed by atoms with Crippen molar-refractivity contribution in [3.05, 3.63) is 18.0 Å². The summed E-state index contributed by atoms with van der Waals surface area (Å²) in [5.74, 6) is -0.0196. The van der Waals surface area contributed by atoms with Crippen molar-refractivity contribution < 1.29 is 9.59 Å². The highest BCUT2D eigenvalue weighted by molar-refractivity contribution is 5.80. The summed E-state index contributed by atoms with van der Waals surface area (Å²) in [5.41, 5.74) is 0.982. The number of nitrogens with one attached hydrogen (secondary N) is 1. The van der Waals surface area contributed by atoms with Crippen molar-refractivity contribution in [3.8, 4) is 0 Å². The summed E-state index contributed by atoms with van der Waals surface area (Å²) in [5, 5.41) is 6.97. The van der Waals surface area contributed by atoms with Crippen LogP contribution in [0.4, 0.5) is 0 Å². The minimum Gasteiger partial charge on any atom is -0.352 e. The Kier molecular flexibility index (Phi) is 4.19. The van der Waals surface area contributed by atoms with E-state index in [4.69, 9.17) is 0 Å². The van der Waals surface area contributed by atoms with Crippen LogP contribution >= 0.6 is 0 Å². The number of hydrogen-bond acceptors (Lipinski definition) is 3. The Morgan fingerprint density at radius 2 is 2.32 bits per heavy atom. The molecule has 6 nitrogen and oxygen atoms in total. The summed E-state index contributed by atoms with van der Waals surface area (Å²) in [7, 11) is 1.84. The normalized spacial score (nSPS) is 19.3. The largest absolute Gasteiger partial charge is 0.352 e. The van der Waals surface area contributed by atoms with E-state index in [1.165, 1.54) is 0 Å². The van der Waals surface area contributed by atoms with Crippen LogP contribution in [0.25, 0.3) is 0 Å². The van der Waals surface area contributed by atoms with E-state index in [0.717, 1.165) is 24.9 Å². The van der Waals surface area contributed by atoms with E-state index in [9.17, 15) is 9.59 Å². The molecule has 6 heteroatoms. The summed E-state index contributed by atoms with van der Waals surface area (Å²) >= 11 is 0. The second-order valence-electron chi connectivity index (χ2n) is 5.04. The predicted molar refractivity (Wildman–Crippen MR) is 70.0 cm³/mol. The Morgan fingerprint density at radius 1 is 1.53 bits per heavy atom. The highest BCUT2D eigenvalue weighted by atomic mass is 16.2. The smallest absolute Gasteiger partial charge is 0.225 e. The lowest BCUT2D eigenvalue weighted by molar-refractivity contribution is -0.134. The number of carbonyl (C=O) groups excluding carboxylic acids is 2. The van der Waals surface area contributed by atoms with Crippen LogP contribution in [-0.4, -0.2) is 39.6 Å². The number of rotatable bonds is 3. The van der Waals surface area contributed by atoms with E-state index >= 15 is 0 Å². The topological polar surface area (TPSA) is 67.2 Å².